The number of carbonyl (C=O) groups excluding carboxylic acids is 1. The van der Waals surface area contributed by atoms with Gasteiger partial charge in [-0.3, -0.25) is 9.78 Å². The van der Waals surface area contributed by atoms with Crippen molar-refractivity contribution in [1.29, 1.82) is 5.26 Å². The molecular formula is C7H2BrClN2O. The summed E-state index contributed by atoms with van der Waals surface area (Å²) in [6.07, 6.45) is 1.29. The molecule has 3 nitrogen and oxygen atoms in total. The van der Waals surface area contributed by atoms with E-state index in [-0.39, 0.29) is 5.69 Å². The maximum atomic E-state index is 10.6. The molecule has 0 aromatic carbocycles. The summed E-state index contributed by atoms with van der Waals surface area (Å²) in [6.45, 7) is 0. The molecule has 0 radical (unpaired) electrons. The summed E-state index contributed by atoms with van der Waals surface area (Å²) in [6, 6.07) is 3.31. The van der Waals surface area contributed by atoms with Crippen LogP contribution in [0.25, 0.3) is 0 Å². The molecule has 0 spiro atoms. The number of carbonyl (C=O) groups is 1. The van der Waals surface area contributed by atoms with Crippen LogP contribution in [-0.2, 0) is 0 Å². The molecule has 1 aromatic heterocycles. The number of hydrogen-bond donors (Lipinski definition) is 0. The molecular weight excluding hydrogens is 243 g/mol. The Kier molecular flexibility index (Phi) is 2.79. The number of nitriles is 1. The first kappa shape index (κ1) is 9.17. The highest BCUT2D eigenvalue weighted by molar-refractivity contribution is 9.10. The average Bonchev–Trinajstić information content (AvgIpc) is 2.04. The van der Waals surface area contributed by atoms with Gasteiger partial charge in [0.2, 0.25) is 0 Å². The Morgan fingerprint density at radius 2 is 2.42 bits per heavy atom. The highest BCUT2D eigenvalue weighted by Crippen LogP contribution is 2.16. The smallest absolute Gasteiger partial charge is 0.270 e. The van der Waals surface area contributed by atoms with Crippen LogP contribution in [0.15, 0.2) is 16.7 Å². The maximum Gasteiger partial charge on any atom is 0.270 e. The van der Waals surface area contributed by atoms with Crippen molar-refractivity contribution in [3.05, 3.63) is 28.0 Å². The standard InChI is InChI=1S/C7H2BrClN2O/c8-5-1-6(7(9)12)11-3-4(5)2-10/h1,3H. The Morgan fingerprint density at radius 1 is 1.75 bits per heavy atom. The summed E-state index contributed by atoms with van der Waals surface area (Å²) >= 11 is 8.27. The van der Waals surface area contributed by atoms with Crippen molar-refractivity contribution in [3.63, 3.8) is 0 Å². The molecule has 0 aliphatic rings. The van der Waals surface area contributed by atoms with E-state index in [4.69, 9.17) is 16.9 Å². The second kappa shape index (κ2) is 3.65. The number of aromatic nitrogens is 1. The molecule has 1 aromatic rings. The SMILES string of the molecule is N#Cc1cnc(C(=O)Cl)cc1Br. The summed E-state index contributed by atoms with van der Waals surface area (Å²) in [5.74, 6) is 0. The first-order valence-corrected chi connectivity index (χ1v) is 4.07. The number of nitrogens with zero attached hydrogens (tertiary/aromatic N) is 2. The minimum atomic E-state index is -0.639. The fourth-order valence-electron chi connectivity index (χ4n) is 0.621. The molecule has 0 N–H and O–H groups in total. The third-order valence-corrected chi connectivity index (χ3v) is 2.03. The third kappa shape index (κ3) is 1.81. The van der Waals surface area contributed by atoms with E-state index < -0.39 is 5.24 Å². The first-order chi connectivity index (χ1) is 5.65. The fourth-order valence-corrected chi connectivity index (χ4v) is 1.13. The van der Waals surface area contributed by atoms with Crippen LogP contribution >= 0.6 is 27.5 Å². The molecule has 0 saturated heterocycles. The molecule has 1 rings (SSSR count). The van der Waals surface area contributed by atoms with E-state index in [1.54, 1.807) is 0 Å². The van der Waals surface area contributed by atoms with E-state index in [0.29, 0.717) is 10.0 Å². The topological polar surface area (TPSA) is 53.8 Å². The van der Waals surface area contributed by atoms with Gasteiger partial charge >= 0.3 is 0 Å². The lowest BCUT2D eigenvalue weighted by atomic mass is 10.3. The van der Waals surface area contributed by atoms with Gasteiger partial charge in [0.1, 0.15) is 11.8 Å². The average molecular weight is 245 g/mol. The predicted octanol–water partition coefficient (Wildman–Crippen LogP) is 2.09. The van der Waals surface area contributed by atoms with Crippen LogP contribution in [0.4, 0.5) is 0 Å². The van der Waals surface area contributed by atoms with Crippen molar-refractivity contribution < 1.29 is 4.79 Å². The van der Waals surface area contributed by atoms with Gasteiger partial charge in [0.05, 0.1) is 5.56 Å². The van der Waals surface area contributed by atoms with E-state index >= 15 is 0 Å². The highest BCUT2D eigenvalue weighted by Gasteiger charge is 2.06. The van der Waals surface area contributed by atoms with Crippen molar-refractivity contribution in [2.24, 2.45) is 0 Å². The van der Waals surface area contributed by atoms with Gasteiger partial charge in [0.15, 0.2) is 0 Å². The summed E-state index contributed by atoms with van der Waals surface area (Å²) < 4.78 is 0.518. The van der Waals surface area contributed by atoms with Crippen LogP contribution in [0.3, 0.4) is 0 Å². The number of halogens is 2. The molecule has 0 amide bonds. The normalized spacial score (nSPS) is 9.08. The van der Waals surface area contributed by atoms with Gasteiger partial charge < -0.3 is 0 Å². The summed E-state index contributed by atoms with van der Waals surface area (Å²) in [7, 11) is 0. The van der Waals surface area contributed by atoms with E-state index in [1.807, 2.05) is 6.07 Å². The van der Waals surface area contributed by atoms with Crippen molar-refractivity contribution >= 4 is 32.8 Å². The van der Waals surface area contributed by atoms with Crippen LogP contribution < -0.4 is 0 Å². The number of pyridine rings is 1. The van der Waals surface area contributed by atoms with E-state index in [1.165, 1.54) is 12.3 Å². The van der Waals surface area contributed by atoms with E-state index in [9.17, 15) is 4.79 Å². The van der Waals surface area contributed by atoms with Gasteiger partial charge in [-0.1, -0.05) is 0 Å². The van der Waals surface area contributed by atoms with Crippen LogP contribution in [0.2, 0.25) is 0 Å². The van der Waals surface area contributed by atoms with Gasteiger partial charge in [-0.15, -0.1) is 0 Å². The van der Waals surface area contributed by atoms with E-state index in [0.717, 1.165) is 0 Å². The lowest BCUT2D eigenvalue weighted by Crippen LogP contribution is -1.94. The van der Waals surface area contributed by atoms with Crippen molar-refractivity contribution in [2.45, 2.75) is 0 Å². The Balaban J connectivity index is 3.21. The van der Waals surface area contributed by atoms with E-state index in [2.05, 4.69) is 20.9 Å². The lowest BCUT2D eigenvalue weighted by molar-refractivity contribution is 0.107. The molecule has 0 atom stereocenters. The minimum Gasteiger partial charge on any atom is -0.274 e. The Labute approximate surface area is 82.1 Å². The largest absolute Gasteiger partial charge is 0.274 e. The summed E-state index contributed by atoms with van der Waals surface area (Å²) in [5, 5.41) is 7.87. The van der Waals surface area contributed by atoms with Gasteiger partial charge in [0.25, 0.3) is 5.24 Å². The van der Waals surface area contributed by atoms with Crippen LogP contribution in [0.5, 0.6) is 0 Å². The summed E-state index contributed by atoms with van der Waals surface area (Å²) in [5.41, 5.74) is 0.499. The zero-order chi connectivity index (χ0) is 9.14. The molecule has 5 heteroatoms. The van der Waals surface area contributed by atoms with Gasteiger partial charge in [-0.05, 0) is 33.6 Å². The Hall–Kier alpha value is -0.920. The zero-order valence-electron chi connectivity index (χ0n) is 5.71. The molecule has 12 heavy (non-hydrogen) atoms. The van der Waals surface area contributed by atoms with Gasteiger partial charge in [-0.2, -0.15) is 5.26 Å². The number of hydrogen-bond acceptors (Lipinski definition) is 3. The highest BCUT2D eigenvalue weighted by atomic mass is 79.9. The first-order valence-electron chi connectivity index (χ1n) is 2.90. The van der Waals surface area contributed by atoms with Gasteiger partial charge in [-0.25, -0.2) is 0 Å². The molecule has 0 saturated carbocycles. The second-order valence-corrected chi connectivity index (χ2v) is 3.13. The molecule has 0 bridgehead atoms. The van der Waals surface area contributed by atoms with Gasteiger partial charge in [0, 0.05) is 10.7 Å². The Bertz CT molecular complexity index is 372. The molecule has 0 aliphatic carbocycles. The predicted molar refractivity (Wildman–Crippen MR) is 46.8 cm³/mol. The Morgan fingerprint density at radius 3 is 2.83 bits per heavy atom. The quantitative estimate of drug-likeness (QED) is 0.712. The third-order valence-electron chi connectivity index (χ3n) is 1.18. The fraction of sp³-hybridized carbons (Fsp3) is 0. The monoisotopic (exact) mass is 244 g/mol. The maximum absolute atomic E-state index is 10.6. The van der Waals surface area contributed by atoms with Crippen molar-refractivity contribution in [1.82, 2.24) is 4.98 Å². The van der Waals surface area contributed by atoms with Crippen molar-refractivity contribution in [2.75, 3.05) is 0 Å². The molecule has 1 heterocycles. The number of rotatable bonds is 1. The zero-order valence-corrected chi connectivity index (χ0v) is 8.06. The van der Waals surface area contributed by atoms with Crippen LogP contribution in [0, 0.1) is 11.3 Å². The molecule has 0 unspecified atom stereocenters. The summed E-state index contributed by atoms with van der Waals surface area (Å²) in [4.78, 5) is 14.3. The molecule has 60 valence electrons. The van der Waals surface area contributed by atoms with Crippen LogP contribution in [0.1, 0.15) is 16.1 Å². The van der Waals surface area contributed by atoms with Crippen molar-refractivity contribution in [3.8, 4) is 6.07 Å². The molecule has 0 aliphatic heterocycles. The van der Waals surface area contributed by atoms with Crippen LogP contribution in [-0.4, -0.2) is 10.2 Å². The second-order valence-electron chi connectivity index (χ2n) is 1.93. The molecule has 0 fully saturated rings. The minimum absolute atomic E-state index is 0.127. The lowest BCUT2D eigenvalue weighted by Gasteiger charge is -1.95.